The molecule has 4 aromatic rings. The van der Waals surface area contributed by atoms with E-state index in [9.17, 15) is 0 Å². The molecule has 1 fully saturated rings. The molecule has 3 aromatic heterocycles. The molecular formula is C19H16N4OS2. The van der Waals surface area contributed by atoms with Gasteiger partial charge in [0.05, 0.1) is 12.0 Å². The Kier molecular flexibility index (Phi) is 4.10. The summed E-state index contributed by atoms with van der Waals surface area (Å²) >= 11 is 3.28. The molecule has 0 radical (unpaired) electrons. The molecule has 0 atom stereocenters. The molecule has 26 heavy (non-hydrogen) atoms. The summed E-state index contributed by atoms with van der Waals surface area (Å²) in [7, 11) is 0. The van der Waals surface area contributed by atoms with Gasteiger partial charge in [0.2, 0.25) is 0 Å². The molecule has 0 saturated heterocycles. The molecule has 0 bridgehead atoms. The van der Waals surface area contributed by atoms with E-state index in [-0.39, 0.29) is 0 Å². The summed E-state index contributed by atoms with van der Waals surface area (Å²) in [6, 6.07) is 14.2. The molecule has 1 saturated carbocycles. The molecule has 1 aliphatic carbocycles. The second kappa shape index (κ2) is 6.74. The van der Waals surface area contributed by atoms with Crippen LogP contribution in [-0.4, -0.2) is 19.7 Å². The number of aromatic nitrogens is 4. The molecule has 5 nitrogen and oxygen atoms in total. The number of nitrogens with zero attached hydrogens (tertiary/aromatic N) is 4. The van der Waals surface area contributed by atoms with E-state index in [1.54, 1.807) is 29.4 Å². The van der Waals surface area contributed by atoms with Gasteiger partial charge in [-0.15, -0.1) is 21.5 Å². The third-order valence-corrected chi connectivity index (χ3v) is 6.12. The molecule has 7 heteroatoms. The van der Waals surface area contributed by atoms with Gasteiger partial charge in [0, 0.05) is 22.7 Å². The van der Waals surface area contributed by atoms with Crippen LogP contribution in [0.5, 0.6) is 0 Å². The minimum Gasteiger partial charge on any atom is -0.462 e. The average Bonchev–Trinajstić information content (AvgIpc) is 3.08. The number of rotatable bonds is 6. The number of thiazole rings is 1. The Labute approximate surface area is 159 Å². The van der Waals surface area contributed by atoms with Crippen LogP contribution < -0.4 is 0 Å². The standard InChI is InChI=1S/C19H16N4OS2/c1-2-5-15(6-3-1)23-17(13-8-9-13)21-22-19(23)26-12-14-11-25-18(20-14)16-7-4-10-24-16/h1-7,10-11,13H,8-9,12H2. The number of para-hydroxylation sites is 1. The van der Waals surface area contributed by atoms with Crippen LogP contribution in [0.2, 0.25) is 0 Å². The summed E-state index contributed by atoms with van der Waals surface area (Å²) in [5.41, 5.74) is 2.15. The van der Waals surface area contributed by atoms with Crippen LogP contribution in [0.3, 0.4) is 0 Å². The van der Waals surface area contributed by atoms with Crippen molar-refractivity contribution in [3.05, 3.63) is 65.6 Å². The predicted octanol–water partition coefficient (Wildman–Crippen LogP) is 5.15. The van der Waals surface area contributed by atoms with Gasteiger partial charge < -0.3 is 4.42 Å². The fraction of sp³-hybridized carbons (Fsp3) is 0.211. The van der Waals surface area contributed by atoms with Crippen molar-refractivity contribution in [2.24, 2.45) is 0 Å². The number of hydrogen-bond acceptors (Lipinski definition) is 6. The smallest absolute Gasteiger partial charge is 0.196 e. The molecule has 1 aromatic carbocycles. The monoisotopic (exact) mass is 380 g/mol. The first-order valence-corrected chi connectivity index (χ1v) is 10.4. The Hall–Kier alpha value is -2.38. The minimum absolute atomic E-state index is 0.543. The van der Waals surface area contributed by atoms with E-state index in [1.807, 2.05) is 18.2 Å². The SMILES string of the molecule is c1ccc(-n2c(SCc3csc(-c4ccco4)n3)nnc2C2CC2)cc1. The number of furan rings is 1. The molecule has 0 N–H and O–H groups in total. The maximum atomic E-state index is 5.42. The van der Waals surface area contributed by atoms with Gasteiger partial charge in [0.25, 0.3) is 0 Å². The van der Waals surface area contributed by atoms with Crippen LogP contribution in [0.4, 0.5) is 0 Å². The van der Waals surface area contributed by atoms with Crippen molar-refractivity contribution in [2.75, 3.05) is 0 Å². The van der Waals surface area contributed by atoms with Crippen LogP contribution in [0.25, 0.3) is 16.5 Å². The Bertz CT molecular complexity index is 1000. The van der Waals surface area contributed by atoms with Crippen LogP contribution in [0.15, 0.2) is 63.7 Å². The van der Waals surface area contributed by atoms with Crippen LogP contribution in [0, 0.1) is 0 Å². The zero-order chi connectivity index (χ0) is 17.3. The van der Waals surface area contributed by atoms with Gasteiger partial charge in [0.1, 0.15) is 5.82 Å². The second-order valence-corrected chi connectivity index (χ2v) is 8.00. The highest BCUT2D eigenvalue weighted by Crippen LogP contribution is 2.41. The molecule has 0 amide bonds. The lowest BCUT2D eigenvalue weighted by Crippen LogP contribution is -2.01. The summed E-state index contributed by atoms with van der Waals surface area (Å²) in [5, 5.41) is 12.8. The highest BCUT2D eigenvalue weighted by Gasteiger charge is 2.31. The van der Waals surface area contributed by atoms with Crippen LogP contribution in [-0.2, 0) is 5.75 Å². The van der Waals surface area contributed by atoms with Crippen molar-refractivity contribution in [1.82, 2.24) is 19.7 Å². The fourth-order valence-corrected chi connectivity index (χ4v) is 4.57. The van der Waals surface area contributed by atoms with Crippen molar-refractivity contribution in [3.63, 3.8) is 0 Å². The summed E-state index contributed by atoms with van der Waals surface area (Å²) in [4.78, 5) is 4.67. The maximum absolute atomic E-state index is 5.42. The molecule has 5 rings (SSSR count). The van der Waals surface area contributed by atoms with E-state index >= 15 is 0 Å². The Morgan fingerprint density at radius 1 is 1.12 bits per heavy atom. The molecule has 0 spiro atoms. The quantitative estimate of drug-likeness (QED) is 0.433. The van der Waals surface area contributed by atoms with Gasteiger partial charge in [-0.1, -0.05) is 30.0 Å². The van der Waals surface area contributed by atoms with Crippen LogP contribution >= 0.6 is 23.1 Å². The highest BCUT2D eigenvalue weighted by molar-refractivity contribution is 7.98. The Morgan fingerprint density at radius 3 is 2.77 bits per heavy atom. The van der Waals surface area contributed by atoms with Crippen molar-refractivity contribution in [1.29, 1.82) is 0 Å². The van der Waals surface area contributed by atoms with E-state index in [2.05, 4.69) is 49.4 Å². The molecule has 0 aliphatic heterocycles. The van der Waals surface area contributed by atoms with Crippen molar-refractivity contribution < 1.29 is 4.42 Å². The predicted molar refractivity (Wildman–Crippen MR) is 103 cm³/mol. The second-order valence-electron chi connectivity index (χ2n) is 6.20. The Morgan fingerprint density at radius 2 is 2.00 bits per heavy atom. The number of hydrogen-bond donors (Lipinski definition) is 0. The zero-order valence-corrected chi connectivity index (χ0v) is 15.5. The summed E-state index contributed by atoms with van der Waals surface area (Å²) < 4.78 is 7.62. The van der Waals surface area contributed by atoms with Gasteiger partial charge in [-0.05, 0) is 37.1 Å². The van der Waals surface area contributed by atoms with E-state index in [4.69, 9.17) is 4.42 Å². The van der Waals surface area contributed by atoms with E-state index in [1.165, 1.54) is 12.8 Å². The summed E-state index contributed by atoms with van der Waals surface area (Å²) in [6.45, 7) is 0. The first-order chi connectivity index (χ1) is 12.9. The molecule has 1 aliphatic rings. The van der Waals surface area contributed by atoms with Gasteiger partial charge >= 0.3 is 0 Å². The lowest BCUT2D eigenvalue weighted by Gasteiger charge is -2.09. The number of benzene rings is 1. The molecule has 3 heterocycles. The third kappa shape index (κ3) is 3.08. The third-order valence-electron chi connectivity index (χ3n) is 4.25. The minimum atomic E-state index is 0.543. The van der Waals surface area contributed by atoms with Gasteiger partial charge in [-0.3, -0.25) is 4.57 Å². The largest absolute Gasteiger partial charge is 0.462 e. The van der Waals surface area contributed by atoms with Gasteiger partial charge in [-0.2, -0.15) is 0 Å². The van der Waals surface area contributed by atoms with Crippen molar-refractivity contribution in [3.8, 4) is 16.5 Å². The first kappa shape index (κ1) is 15.8. The lowest BCUT2D eigenvalue weighted by molar-refractivity contribution is 0.581. The molecule has 0 unspecified atom stereocenters. The highest BCUT2D eigenvalue weighted by atomic mass is 32.2. The molecule has 130 valence electrons. The number of thioether (sulfide) groups is 1. The molecular weight excluding hydrogens is 364 g/mol. The van der Waals surface area contributed by atoms with E-state index in [0.717, 1.165) is 38.9 Å². The maximum Gasteiger partial charge on any atom is 0.196 e. The van der Waals surface area contributed by atoms with Crippen molar-refractivity contribution >= 4 is 23.1 Å². The topological polar surface area (TPSA) is 56.7 Å². The zero-order valence-electron chi connectivity index (χ0n) is 13.9. The first-order valence-electron chi connectivity index (χ1n) is 8.50. The van der Waals surface area contributed by atoms with Crippen LogP contribution in [0.1, 0.15) is 30.3 Å². The summed E-state index contributed by atoms with van der Waals surface area (Å²) in [6.07, 6.45) is 4.08. The normalized spacial score (nSPS) is 14.0. The fourth-order valence-electron chi connectivity index (χ4n) is 2.83. The van der Waals surface area contributed by atoms with Crippen molar-refractivity contribution in [2.45, 2.75) is 29.7 Å². The van der Waals surface area contributed by atoms with Gasteiger partial charge in [0.15, 0.2) is 15.9 Å². The lowest BCUT2D eigenvalue weighted by atomic mass is 10.3. The Balaban J connectivity index is 1.39. The van der Waals surface area contributed by atoms with E-state index < -0.39 is 0 Å². The average molecular weight is 380 g/mol. The van der Waals surface area contributed by atoms with E-state index in [0.29, 0.717) is 5.92 Å². The van der Waals surface area contributed by atoms with Gasteiger partial charge in [-0.25, -0.2) is 4.98 Å². The summed E-state index contributed by atoms with van der Waals surface area (Å²) in [5.74, 6) is 3.19.